The van der Waals surface area contributed by atoms with Gasteiger partial charge in [-0.25, -0.2) is 17.6 Å². The average molecular weight is 328 g/mol. The summed E-state index contributed by atoms with van der Waals surface area (Å²) in [6, 6.07) is 3.84. The third kappa shape index (κ3) is 3.61. The maximum absolute atomic E-state index is 13.7. The molecule has 1 rings (SSSR count). The Kier molecular flexibility index (Phi) is 5.63. The van der Waals surface area contributed by atoms with Gasteiger partial charge in [-0.05, 0) is 31.5 Å². The first-order chi connectivity index (χ1) is 10.1. The second-order valence-corrected chi connectivity index (χ2v) is 6.83. The summed E-state index contributed by atoms with van der Waals surface area (Å²) in [6.45, 7) is 4.59. The Morgan fingerprint density at radius 3 is 2.55 bits per heavy atom. The summed E-state index contributed by atoms with van der Waals surface area (Å²) in [4.78, 5) is 10.7. The number of aromatic carboxylic acids is 1. The number of rotatable bonds is 6. The predicted molar refractivity (Wildman–Crippen MR) is 77.3 cm³/mol. The maximum atomic E-state index is 13.7. The highest BCUT2D eigenvalue weighted by Gasteiger charge is 2.27. The third-order valence-electron chi connectivity index (χ3n) is 3.15. The first-order valence-electron chi connectivity index (χ1n) is 6.58. The lowest BCUT2D eigenvalue weighted by atomic mass is 10.1. The minimum absolute atomic E-state index is 0.0197. The van der Waals surface area contributed by atoms with E-state index in [0.717, 1.165) is 16.4 Å². The molecule has 0 saturated carbocycles. The molecule has 0 aliphatic carbocycles. The van der Waals surface area contributed by atoms with Crippen molar-refractivity contribution < 1.29 is 22.7 Å². The molecule has 1 N–H and O–H groups in total. The third-order valence-corrected chi connectivity index (χ3v) is 5.07. The Bertz CT molecular complexity index is 725. The highest BCUT2D eigenvalue weighted by Crippen LogP contribution is 2.23. The van der Waals surface area contributed by atoms with Crippen molar-refractivity contribution in [2.24, 2.45) is 5.92 Å². The average Bonchev–Trinajstić information content (AvgIpc) is 2.46. The Morgan fingerprint density at radius 1 is 1.50 bits per heavy atom. The number of carbonyl (C=O) groups is 1. The van der Waals surface area contributed by atoms with Crippen molar-refractivity contribution >= 4 is 16.0 Å². The predicted octanol–water partition coefficient (Wildman–Crippen LogP) is 2.00. The molecule has 1 atom stereocenters. The lowest BCUT2D eigenvalue weighted by Crippen LogP contribution is -2.34. The molecule has 0 heterocycles. The number of sulfonamides is 1. The summed E-state index contributed by atoms with van der Waals surface area (Å²) in [5, 5.41) is 17.8. The number of carboxylic acid groups (broad SMARTS) is 1. The zero-order valence-electron chi connectivity index (χ0n) is 12.5. The lowest BCUT2D eigenvalue weighted by molar-refractivity contribution is 0.0691. The van der Waals surface area contributed by atoms with E-state index in [2.05, 4.69) is 0 Å². The number of aryl methyl sites for hydroxylation is 1. The van der Waals surface area contributed by atoms with Crippen LogP contribution in [0.1, 0.15) is 29.8 Å². The van der Waals surface area contributed by atoms with Gasteiger partial charge in [0.15, 0.2) is 0 Å². The molecule has 0 amide bonds. The smallest absolute Gasteiger partial charge is 0.338 e. The van der Waals surface area contributed by atoms with Gasteiger partial charge in [0.05, 0.1) is 22.4 Å². The maximum Gasteiger partial charge on any atom is 0.338 e. The van der Waals surface area contributed by atoms with Gasteiger partial charge in [0, 0.05) is 13.1 Å². The number of nitrogens with zero attached hydrogens (tertiary/aromatic N) is 2. The fourth-order valence-electron chi connectivity index (χ4n) is 1.93. The van der Waals surface area contributed by atoms with Crippen LogP contribution in [-0.4, -0.2) is 36.9 Å². The van der Waals surface area contributed by atoms with Crippen LogP contribution < -0.4 is 0 Å². The Labute approximate surface area is 128 Å². The number of halogens is 1. The Balaban J connectivity index is 3.39. The number of hydrogen-bond donors (Lipinski definition) is 1. The van der Waals surface area contributed by atoms with E-state index in [9.17, 15) is 17.6 Å². The minimum atomic E-state index is -4.00. The largest absolute Gasteiger partial charge is 0.478 e. The van der Waals surface area contributed by atoms with Crippen LogP contribution in [0.15, 0.2) is 17.0 Å². The quantitative estimate of drug-likeness (QED) is 0.861. The van der Waals surface area contributed by atoms with Crippen molar-refractivity contribution in [3.05, 3.63) is 29.1 Å². The monoisotopic (exact) mass is 328 g/mol. The van der Waals surface area contributed by atoms with Crippen molar-refractivity contribution in [2.45, 2.75) is 25.7 Å². The van der Waals surface area contributed by atoms with E-state index in [1.807, 2.05) is 6.07 Å². The Morgan fingerprint density at radius 2 is 2.09 bits per heavy atom. The van der Waals surface area contributed by atoms with Crippen LogP contribution >= 0.6 is 0 Å². The SMILES string of the molecule is CCN(CC(C)C#N)S(=O)(=O)c1cc(C)c(F)c(C(=O)O)c1. The zero-order valence-corrected chi connectivity index (χ0v) is 13.3. The zero-order chi connectivity index (χ0) is 17.1. The van der Waals surface area contributed by atoms with Gasteiger partial charge in [-0.3, -0.25) is 0 Å². The van der Waals surface area contributed by atoms with E-state index in [0.29, 0.717) is 0 Å². The second-order valence-electron chi connectivity index (χ2n) is 4.89. The van der Waals surface area contributed by atoms with E-state index in [1.165, 1.54) is 6.92 Å². The van der Waals surface area contributed by atoms with E-state index < -0.39 is 33.3 Å². The van der Waals surface area contributed by atoms with E-state index in [1.54, 1.807) is 13.8 Å². The van der Waals surface area contributed by atoms with Gasteiger partial charge < -0.3 is 5.11 Å². The van der Waals surface area contributed by atoms with Gasteiger partial charge in [-0.15, -0.1) is 0 Å². The molecule has 0 radical (unpaired) electrons. The standard InChI is InChI=1S/C14H17FN2O4S/c1-4-17(8-9(2)7-16)22(20,21)11-5-10(3)13(15)12(6-11)14(18)19/h5-6,9H,4,8H2,1-3H3,(H,18,19). The molecule has 1 aromatic carbocycles. The molecule has 0 bridgehead atoms. The number of benzene rings is 1. The fourth-order valence-corrected chi connectivity index (χ4v) is 3.58. The summed E-state index contributed by atoms with van der Waals surface area (Å²) >= 11 is 0. The first-order valence-corrected chi connectivity index (χ1v) is 8.02. The van der Waals surface area contributed by atoms with Crippen LogP contribution in [0.4, 0.5) is 4.39 Å². The van der Waals surface area contributed by atoms with Gasteiger partial charge in [-0.2, -0.15) is 9.57 Å². The van der Waals surface area contributed by atoms with Crippen molar-refractivity contribution in [2.75, 3.05) is 13.1 Å². The molecular formula is C14H17FN2O4S. The molecule has 1 aromatic rings. The summed E-state index contributed by atoms with van der Waals surface area (Å²) in [7, 11) is -4.00. The van der Waals surface area contributed by atoms with Gasteiger partial charge in [0.25, 0.3) is 0 Å². The lowest BCUT2D eigenvalue weighted by Gasteiger charge is -2.22. The number of nitriles is 1. The molecule has 0 aliphatic heterocycles. The minimum Gasteiger partial charge on any atom is -0.478 e. The molecule has 0 saturated heterocycles. The van der Waals surface area contributed by atoms with Gasteiger partial charge in [0.1, 0.15) is 5.82 Å². The molecule has 0 fully saturated rings. The van der Waals surface area contributed by atoms with Crippen molar-refractivity contribution in [3.8, 4) is 6.07 Å². The molecule has 6 nitrogen and oxygen atoms in total. The Hall–Kier alpha value is -1.98. The van der Waals surface area contributed by atoms with Gasteiger partial charge in [-0.1, -0.05) is 6.92 Å². The molecule has 0 aromatic heterocycles. The second kappa shape index (κ2) is 6.85. The molecular weight excluding hydrogens is 311 g/mol. The summed E-state index contributed by atoms with van der Waals surface area (Å²) in [5.74, 6) is -3.01. The van der Waals surface area contributed by atoms with Gasteiger partial charge >= 0.3 is 5.97 Å². The van der Waals surface area contributed by atoms with Crippen LogP contribution in [0.3, 0.4) is 0 Å². The van der Waals surface area contributed by atoms with Gasteiger partial charge in [0.2, 0.25) is 10.0 Å². The first kappa shape index (κ1) is 18.1. The highest BCUT2D eigenvalue weighted by molar-refractivity contribution is 7.89. The van der Waals surface area contributed by atoms with E-state index in [4.69, 9.17) is 10.4 Å². The van der Waals surface area contributed by atoms with E-state index >= 15 is 0 Å². The molecule has 0 spiro atoms. The molecule has 120 valence electrons. The molecule has 8 heteroatoms. The highest BCUT2D eigenvalue weighted by atomic mass is 32.2. The summed E-state index contributed by atoms with van der Waals surface area (Å²) in [5.41, 5.74) is -0.759. The van der Waals surface area contributed by atoms with Crippen LogP contribution in [0.2, 0.25) is 0 Å². The fraction of sp³-hybridized carbons (Fsp3) is 0.429. The van der Waals surface area contributed by atoms with Crippen LogP contribution in [-0.2, 0) is 10.0 Å². The van der Waals surface area contributed by atoms with Crippen LogP contribution in [0, 0.1) is 30.0 Å². The van der Waals surface area contributed by atoms with Crippen molar-refractivity contribution in [1.82, 2.24) is 4.31 Å². The van der Waals surface area contributed by atoms with Crippen LogP contribution in [0.5, 0.6) is 0 Å². The van der Waals surface area contributed by atoms with E-state index in [-0.39, 0.29) is 23.5 Å². The normalized spacial score (nSPS) is 12.9. The van der Waals surface area contributed by atoms with Crippen molar-refractivity contribution in [1.29, 1.82) is 5.26 Å². The summed E-state index contributed by atoms with van der Waals surface area (Å²) < 4.78 is 39.9. The van der Waals surface area contributed by atoms with Crippen molar-refractivity contribution in [3.63, 3.8) is 0 Å². The molecule has 0 aliphatic rings. The van der Waals surface area contributed by atoms with Crippen LogP contribution in [0.25, 0.3) is 0 Å². The molecule has 22 heavy (non-hydrogen) atoms. The number of carboxylic acids is 1. The molecule has 1 unspecified atom stereocenters. The topological polar surface area (TPSA) is 98.5 Å². The number of hydrogen-bond acceptors (Lipinski definition) is 4. The summed E-state index contributed by atoms with van der Waals surface area (Å²) in [6.07, 6.45) is 0.